The molecule has 22 nitrogen and oxygen atoms in total. The van der Waals surface area contributed by atoms with Gasteiger partial charge in [-0.3, -0.25) is 43.8 Å². The summed E-state index contributed by atoms with van der Waals surface area (Å²) >= 11 is 0. The lowest BCUT2D eigenvalue weighted by Gasteiger charge is -2.29. The number of nitrogens with two attached hydrogens (primary N) is 2. The highest BCUT2D eigenvalue weighted by molar-refractivity contribution is 5.99. The van der Waals surface area contributed by atoms with Crippen molar-refractivity contribution in [3.8, 4) is 0 Å². The number of aliphatic carboxylic acids is 1. The molecule has 2 fully saturated rings. The number of carboxylic acids is 1. The predicted octanol–water partition coefficient (Wildman–Crippen LogP) is -1.44. The van der Waals surface area contributed by atoms with Gasteiger partial charge in [0.2, 0.25) is 47.3 Å². The first-order valence-electron chi connectivity index (χ1n) is 23.5. The number of unbranched alkanes of at least 4 members (excludes halogenated alkanes) is 1. The fourth-order valence-corrected chi connectivity index (χ4v) is 8.15. The van der Waals surface area contributed by atoms with Crippen LogP contribution in [0.2, 0.25) is 0 Å². The maximum atomic E-state index is 14.4. The zero-order valence-electron chi connectivity index (χ0n) is 39.2. The Labute approximate surface area is 401 Å². The molecule has 2 aromatic carbocycles. The van der Waals surface area contributed by atoms with E-state index in [1.165, 1.54) is 11.8 Å². The molecule has 0 saturated carbocycles. The van der Waals surface area contributed by atoms with Crippen molar-refractivity contribution in [3.05, 3.63) is 71.8 Å². The van der Waals surface area contributed by atoms with Crippen molar-refractivity contribution >= 4 is 59.2 Å². The molecule has 8 atom stereocenters. The topological polar surface area (TPSA) is 349 Å². The lowest BCUT2D eigenvalue weighted by molar-refractivity contribution is -0.149. The second-order valence-corrected chi connectivity index (χ2v) is 17.4. The number of likely N-dealkylation sites (tertiary alicyclic amines) is 1. The maximum absolute atomic E-state index is 14.4. The average molecular weight is 961 g/mol. The smallest absolute Gasteiger partial charge is 0.326 e. The van der Waals surface area contributed by atoms with Crippen molar-refractivity contribution in [2.75, 3.05) is 19.6 Å². The summed E-state index contributed by atoms with van der Waals surface area (Å²) in [5.41, 5.74) is 12.2. The quantitative estimate of drug-likeness (QED) is 0.0278. The van der Waals surface area contributed by atoms with Crippen LogP contribution in [0.15, 0.2) is 60.7 Å². The third-order valence-electron chi connectivity index (χ3n) is 11.9. The molecule has 0 radical (unpaired) electrons. The Morgan fingerprint density at radius 1 is 0.696 bits per heavy atom. The number of carboxylic acid groups (broad SMARTS) is 1. The molecule has 4 rings (SSSR count). The van der Waals surface area contributed by atoms with Gasteiger partial charge in [-0.05, 0) is 69.5 Å². The van der Waals surface area contributed by atoms with Crippen molar-refractivity contribution in [3.63, 3.8) is 0 Å². The zero-order chi connectivity index (χ0) is 50.5. The highest BCUT2D eigenvalue weighted by Crippen LogP contribution is 2.20. The summed E-state index contributed by atoms with van der Waals surface area (Å²) in [5, 5.41) is 38.8. The Kier molecular flexibility index (Phi) is 21.8. The minimum Gasteiger partial charge on any atom is -0.480 e. The summed E-state index contributed by atoms with van der Waals surface area (Å²) in [7, 11) is 0. The van der Waals surface area contributed by atoms with Crippen molar-refractivity contribution in [2.45, 2.75) is 139 Å². The van der Waals surface area contributed by atoms with Crippen LogP contribution >= 0.6 is 0 Å². The Bertz CT molecular complexity index is 2110. The third kappa shape index (κ3) is 17.8. The Morgan fingerprint density at radius 2 is 1.23 bits per heavy atom. The molecule has 2 saturated heterocycles. The second kappa shape index (κ2) is 27.6. The molecule has 0 aromatic heterocycles. The van der Waals surface area contributed by atoms with Gasteiger partial charge in [0.15, 0.2) is 5.96 Å². The van der Waals surface area contributed by atoms with E-state index in [0.29, 0.717) is 49.8 Å². The number of carbonyl (C=O) groups is 9. The average Bonchev–Trinajstić information content (AvgIpc) is 4.05. The molecule has 2 aliphatic heterocycles. The summed E-state index contributed by atoms with van der Waals surface area (Å²) in [6, 6.07) is 8.00. The molecule has 376 valence electrons. The lowest BCUT2D eigenvalue weighted by Crippen LogP contribution is -2.60. The van der Waals surface area contributed by atoms with Crippen molar-refractivity contribution in [1.82, 2.24) is 47.4 Å². The number of carbonyl (C=O) groups excluding carboxylic acids is 8. The fraction of sp³-hybridized carbons (Fsp3) is 0.532. The summed E-state index contributed by atoms with van der Waals surface area (Å²) in [5.74, 6) is -7.48. The van der Waals surface area contributed by atoms with Gasteiger partial charge in [-0.25, -0.2) is 4.79 Å². The minimum absolute atomic E-state index is 0.0371. The number of primary amides is 1. The van der Waals surface area contributed by atoms with E-state index < -0.39 is 102 Å². The lowest BCUT2D eigenvalue weighted by atomic mass is 10.0. The molecule has 14 N–H and O–H groups in total. The summed E-state index contributed by atoms with van der Waals surface area (Å²) < 4.78 is 0. The van der Waals surface area contributed by atoms with Crippen LogP contribution in [0.5, 0.6) is 0 Å². The zero-order valence-corrected chi connectivity index (χ0v) is 39.2. The molecule has 2 heterocycles. The van der Waals surface area contributed by atoms with E-state index >= 15 is 0 Å². The van der Waals surface area contributed by atoms with Crippen LogP contribution in [0.25, 0.3) is 0 Å². The fourth-order valence-electron chi connectivity index (χ4n) is 8.15. The van der Waals surface area contributed by atoms with Gasteiger partial charge in [0.25, 0.3) is 0 Å². The Hall–Kier alpha value is -7.10. The molecule has 0 bridgehead atoms. The third-order valence-corrected chi connectivity index (χ3v) is 11.9. The summed E-state index contributed by atoms with van der Waals surface area (Å²) in [4.78, 5) is 122. The van der Waals surface area contributed by atoms with E-state index in [0.717, 1.165) is 6.42 Å². The Balaban J connectivity index is 1.54. The number of nitrogens with zero attached hydrogens (tertiary/aromatic N) is 1. The van der Waals surface area contributed by atoms with Crippen LogP contribution in [0, 0.1) is 5.41 Å². The van der Waals surface area contributed by atoms with Gasteiger partial charge in [0.05, 0.1) is 12.5 Å². The van der Waals surface area contributed by atoms with Crippen LogP contribution in [-0.4, -0.2) is 137 Å². The van der Waals surface area contributed by atoms with Crippen LogP contribution < -0.4 is 54.0 Å². The highest BCUT2D eigenvalue weighted by Gasteiger charge is 2.39. The van der Waals surface area contributed by atoms with Crippen molar-refractivity contribution in [2.24, 2.45) is 11.5 Å². The van der Waals surface area contributed by atoms with Gasteiger partial charge < -0.3 is 64.0 Å². The molecule has 8 amide bonds. The largest absolute Gasteiger partial charge is 0.480 e. The number of hydrogen-bond acceptors (Lipinski definition) is 11. The molecule has 0 unspecified atom stereocenters. The molecule has 2 aliphatic rings. The molecule has 22 heteroatoms. The molecule has 69 heavy (non-hydrogen) atoms. The number of rotatable bonds is 27. The Morgan fingerprint density at radius 3 is 1.75 bits per heavy atom. The molecule has 2 aromatic rings. The van der Waals surface area contributed by atoms with E-state index in [4.69, 9.17) is 16.9 Å². The van der Waals surface area contributed by atoms with Gasteiger partial charge in [0.1, 0.15) is 42.3 Å². The summed E-state index contributed by atoms with van der Waals surface area (Å²) in [6.45, 7) is 4.31. The normalized spacial score (nSPS) is 17.9. The van der Waals surface area contributed by atoms with E-state index in [9.17, 15) is 48.3 Å². The second-order valence-electron chi connectivity index (χ2n) is 17.4. The van der Waals surface area contributed by atoms with Crippen LogP contribution in [0.4, 0.5) is 0 Å². The standard InChI is InChI=1S/C47H68N12O10/c1-3-4-18-33(45(67)59-24-13-21-37(59)46(68)69)55-39(61)28(2)53-42(64)36(27-38(48)60)58-44(66)35(26-30-16-9-6-10-17-30)57-43(65)34(25-29-14-7-5-8-15-29)56-41(63)32(20-12-23-52-47(49)50)54-40(62)31-19-11-22-51-31/h5-10,14-17,28,31-37,51H,3-4,11-13,18-27H2,1-2H3,(H2,48,60)(H,53,64)(H,54,62)(H,55,61)(H,56,63)(H,57,65)(H,58,66)(H,68,69)(H4,49,50,52)/t28-,31-,32-,33-,34-,35-,36-,37+/m0/s1. The number of benzene rings is 2. The van der Waals surface area contributed by atoms with Crippen LogP contribution in [0.1, 0.15) is 89.2 Å². The van der Waals surface area contributed by atoms with Gasteiger partial charge in [-0.15, -0.1) is 0 Å². The van der Waals surface area contributed by atoms with Gasteiger partial charge in [-0.2, -0.15) is 0 Å². The number of amides is 8. The minimum atomic E-state index is -1.64. The van der Waals surface area contributed by atoms with E-state index in [1.54, 1.807) is 60.7 Å². The number of hydrogen-bond donors (Lipinski definition) is 12. The maximum Gasteiger partial charge on any atom is 0.326 e. The van der Waals surface area contributed by atoms with Gasteiger partial charge in [0, 0.05) is 25.9 Å². The first-order valence-corrected chi connectivity index (χ1v) is 23.5. The SMILES string of the molecule is CCCC[C@H](NC(=O)[C@H](C)NC(=O)[C@H](CC(N)=O)NC(=O)[C@H](Cc1ccccc1)NC(=O)[C@H](Cc1ccccc1)NC(=O)[C@H](CCCNC(=N)N)NC(=O)[C@@H]1CCCN1)C(=O)N1CCC[C@@H]1C(=O)O. The van der Waals surface area contributed by atoms with E-state index in [2.05, 4.69) is 42.5 Å². The van der Waals surface area contributed by atoms with Crippen LogP contribution in [0.3, 0.4) is 0 Å². The number of nitrogens with one attached hydrogen (secondary N) is 9. The van der Waals surface area contributed by atoms with Gasteiger partial charge >= 0.3 is 5.97 Å². The molecular weight excluding hydrogens is 893 g/mol. The monoisotopic (exact) mass is 961 g/mol. The van der Waals surface area contributed by atoms with Crippen LogP contribution in [-0.2, 0) is 56.0 Å². The predicted molar refractivity (Wildman–Crippen MR) is 253 cm³/mol. The summed E-state index contributed by atoms with van der Waals surface area (Å²) in [6.07, 6.45) is 3.12. The van der Waals surface area contributed by atoms with Gasteiger partial charge in [-0.1, -0.05) is 80.4 Å². The first-order chi connectivity index (χ1) is 33.0. The van der Waals surface area contributed by atoms with Crippen molar-refractivity contribution in [1.29, 1.82) is 5.41 Å². The van der Waals surface area contributed by atoms with Crippen molar-refractivity contribution < 1.29 is 48.3 Å². The van der Waals surface area contributed by atoms with E-state index in [-0.39, 0.29) is 57.1 Å². The number of guanidine groups is 1. The molecular formula is C47H68N12O10. The van der Waals surface area contributed by atoms with E-state index in [1.807, 2.05) is 6.92 Å². The molecule has 0 aliphatic carbocycles. The highest BCUT2D eigenvalue weighted by atomic mass is 16.4. The molecule has 0 spiro atoms. The first kappa shape index (κ1) is 54.5.